The van der Waals surface area contributed by atoms with Crippen LogP contribution in [0.4, 0.5) is 0 Å². The van der Waals surface area contributed by atoms with E-state index >= 15 is 0 Å². The van der Waals surface area contributed by atoms with Gasteiger partial charge in [0.1, 0.15) is 12.1 Å². The van der Waals surface area contributed by atoms with Crippen LogP contribution in [0.3, 0.4) is 0 Å². The summed E-state index contributed by atoms with van der Waals surface area (Å²) < 4.78 is 25.4. The number of benzene rings is 2. The van der Waals surface area contributed by atoms with Crippen molar-refractivity contribution in [3.05, 3.63) is 68.6 Å². The molecule has 0 aliphatic rings. The third-order valence-corrected chi connectivity index (χ3v) is 5.41. The Bertz CT molecular complexity index is 952. The Morgan fingerprint density at radius 3 is 1.71 bits per heavy atom. The van der Waals surface area contributed by atoms with Gasteiger partial charge >= 0.3 is 11.9 Å². The number of aliphatic carboxylic acids is 2. The predicted octanol–water partition coefficient (Wildman–Crippen LogP) is 2.66. The lowest BCUT2D eigenvalue weighted by atomic mass is 10.1. The number of carboxylic acid groups (broad SMARTS) is 2. The fourth-order valence-corrected chi connectivity index (χ4v) is 3.73. The van der Waals surface area contributed by atoms with E-state index in [1.807, 2.05) is 6.07 Å². The number of carbonyl (C=O) groups is 2. The summed E-state index contributed by atoms with van der Waals surface area (Å²) in [5.74, 6) is -2.28. The molecule has 2 aromatic carbocycles. The lowest BCUT2D eigenvalue weighted by molar-refractivity contribution is -0.139. The van der Waals surface area contributed by atoms with Crippen LogP contribution in [0.2, 0.25) is 0 Å². The van der Waals surface area contributed by atoms with E-state index in [0.717, 1.165) is 10.7 Å². The first-order valence-electron chi connectivity index (χ1n) is 7.61. The van der Waals surface area contributed by atoms with Crippen LogP contribution in [0.5, 0.6) is 0 Å². The van der Waals surface area contributed by atoms with Crippen LogP contribution < -0.4 is 10.5 Å². The van der Waals surface area contributed by atoms with Gasteiger partial charge in [-0.15, -0.1) is 0 Å². The first-order chi connectivity index (χ1) is 12.9. The van der Waals surface area contributed by atoms with Crippen molar-refractivity contribution in [2.45, 2.75) is 12.1 Å². The number of hydrogen-bond acceptors (Lipinski definition) is 5. The number of halogens is 2. The summed E-state index contributed by atoms with van der Waals surface area (Å²) in [5.41, 5.74) is 6.36. The summed E-state index contributed by atoms with van der Waals surface area (Å²) in [5, 5.41) is 17.6. The zero-order valence-corrected chi connectivity index (χ0v) is 18.5. The molecule has 0 fully saturated rings. The van der Waals surface area contributed by atoms with Gasteiger partial charge in [-0.1, -0.05) is 68.3 Å². The van der Waals surface area contributed by atoms with Crippen molar-refractivity contribution in [1.82, 2.24) is 4.72 Å². The van der Waals surface area contributed by atoms with Crippen LogP contribution >= 0.6 is 31.9 Å². The van der Waals surface area contributed by atoms with Crippen molar-refractivity contribution in [3.63, 3.8) is 0 Å². The molecule has 2 rings (SSSR count). The van der Waals surface area contributed by atoms with Crippen LogP contribution in [0, 0.1) is 0 Å². The van der Waals surface area contributed by atoms with Gasteiger partial charge in [0.25, 0.3) is 0 Å². The standard InChI is InChI=1S/C9H10BrNO4S.C8H8BrNO2/c1-16(14,15)11-8(9(12)13)6-4-2-3-5-7(6)10;9-6-4-2-1-3-5(6)7(10)8(11)12/h2-5,8,11H,1H3,(H,12,13);1-4,7H,10H2,(H,11,12). The fourth-order valence-electron chi connectivity index (χ4n) is 2.03. The van der Waals surface area contributed by atoms with Gasteiger partial charge in [0.15, 0.2) is 0 Å². The number of hydrogen-bond donors (Lipinski definition) is 4. The highest BCUT2D eigenvalue weighted by molar-refractivity contribution is 9.10. The van der Waals surface area contributed by atoms with E-state index in [1.54, 1.807) is 42.5 Å². The summed E-state index contributed by atoms with van der Waals surface area (Å²) >= 11 is 6.40. The van der Waals surface area contributed by atoms with E-state index in [1.165, 1.54) is 0 Å². The molecular weight excluding hydrogens is 520 g/mol. The fraction of sp³-hybridized carbons (Fsp3) is 0.176. The van der Waals surface area contributed by atoms with Crippen LogP contribution in [0.15, 0.2) is 57.5 Å². The lowest BCUT2D eigenvalue weighted by Crippen LogP contribution is -2.33. The molecule has 0 spiro atoms. The Morgan fingerprint density at radius 2 is 1.36 bits per heavy atom. The van der Waals surface area contributed by atoms with Crippen molar-refractivity contribution in [2.24, 2.45) is 5.73 Å². The summed E-state index contributed by atoms with van der Waals surface area (Å²) in [6.45, 7) is 0. The monoisotopic (exact) mass is 536 g/mol. The number of nitrogens with two attached hydrogens (primary N) is 1. The highest BCUT2D eigenvalue weighted by Crippen LogP contribution is 2.24. The number of nitrogens with one attached hydrogen (secondary N) is 1. The van der Waals surface area contributed by atoms with Crippen molar-refractivity contribution in [2.75, 3.05) is 6.26 Å². The number of carboxylic acids is 2. The SMILES string of the molecule is CS(=O)(=O)NC(C(=O)O)c1ccccc1Br.NC(C(=O)O)c1ccccc1Br. The van der Waals surface area contributed by atoms with E-state index in [-0.39, 0.29) is 0 Å². The number of rotatable bonds is 6. The van der Waals surface area contributed by atoms with E-state index < -0.39 is 34.0 Å². The Hall–Kier alpha value is -1.79. The summed E-state index contributed by atoms with van der Waals surface area (Å²) in [6.07, 6.45) is 0.916. The third kappa shape index (κ3) is 7.68. The maximum atomic E-state index is 11.0. The smallest absolute Gasteiger partial charge is 0.326 e. The van der Waals surface area contributed by atoms with Crippen molar-refractivity contribution >= 4 is 53.8 Å². The molecule has 0 amide bonds. The second-order valence-electron chi connectivity index (χ2n) is 5.52. The van der Waals surface area contributed by atoms with Gasteiger partial charge in [0, 0.05) is 8.95 Å². The van der Waals surface area contributed by atoms with Gasteiger partial charge in [-0.2, -0.15) is 4.72 Å². The zero-order chi connectivity index (χ0) is 21.5. The summed E-state index contributed by atoms with van der Waals surface area (Å²) in [7, 11) is -3.58. The lowest BCUT2D eigenvalue weighted by Gasteiger charge is -2.14. The highest BCUT2D eigenvalue weighted by Gasteiger charge is 2.24. The molecule has 0 saturated heterocycles. The average molecular weight is 538 g/mol. The molecule has 11 heteroatoms. The molecule has 0 radical (unpaired) electrons. The first kappa shape index (κ1) is 24.2. The molecule has 0 bridgehead atoms. The molecule has 0 saturated carbocycles. The molecule has 0 aliphatic heterocycles. The molecule has 28 heavy (non-hydrogen) atoms. The minimum absolute atomic E-state index is 0.362. The second-order valence-corrected chi connectivity index (χ2v) is 9.01. The Kier molecular flexibility index (Phi) is 9.24. The predicted molar refractivity (Wildman–Crippen MR) is 111 cm³/mol. The Balaban J connectivity index is 0.000000292. The van der Waals surface area contributed by atoms with Crippen LogP contribution in [-0.4, -0.2) is 36.8 Å². The van der Waals surface area contributed by atoms with Gasteiger partial charge in [-0.05, 0) is 23.3 Å². The van der Waals surface area contributed by atoms with E-state index in [0.29, 0.717) is 15.6 Å². The first-order valence-corrected chi connectivity index (χ1v) is 11.1. The van der Waals surface area contributed by atoms with Crippen LogP contribution in [0.1, 0.15) is 23.2 Å². The van der Waals surface area contributed by atoms with Crippen molar-refractivity contribution in [3.8, 4) is 0 Å². The van der Waals surface area contributed by atoms with Gasteiger partial charge in [-0.25, -0.2) is 8.42 Å². The molecule has 5 N–H and O–H groups in total. The normalized spacial score (nSPS) is 13.0. The third-order valence-electron chi connectivity index (χ3n) is 3.30. The Labute approximate surface area is 179 Å². The summed E-state index contributed by atoms with van der Waals surface area (Å²) in [4.78, 5) is 21.5. The molecule has 2 aromatic rings. The largest absolute Gasteiger partial charge is 0.480 e. The maximum absolute atomic E-state index is 11.0. The summed E-state index contributed by atoms with van der Waals surface area (Å²) in [6, 6.07) is 11.3. The zero-order valence-electron chi connectivity index (χ0n) is 14.5. The highest BCUT2D eigenvalue weighted by atomic mass is 79.9. The maximum Gasteiger partial charge on any atom is 0.326 e. The number of sulfonamides is 1. The molecule has 2 unspecified atom stereocenters. The van der Waals surface area contributed by atoms with Gasteiger partial charge in [-0.3, -0.25) is 9.59 Å². The molecule has 0 heterocycles. The van der Waals surface area contributed by atoms with Gasteiger partial charge < -0.3 is 15.9 Å². The van der Waals surface area contributed by atoms with Gasteiger partial charge in [0.2, 0.25) is 10.0 Å². The molecule has 0 aromatic heterocycles. The second kappa shape index (κ2) is 10.7. The molecule has 152 valence electrons. The molecular formula is C17H18Br2N2O6S. The topological polar surface area (TPSA) is 147 Å². The minimum Gasteiger partial charge on any atom is -0.480 e. The van der Waals surface area contributed by atoms with E-state index in [4.69, 9.17) is 15.9 Å². The Morgan fingerprint density at radius 1 is 0.929 bits per heavy atom. The van der Waals surface area contributed by atoms with Gasteiger partial charge in [0.05, 0.1) is 6.26 Å². The molecule has 0 aliphatic carbocycles. The minimum atomic E-state index is -3.58. The van der Waals surface area contributed by atoms with Crippen LogP contribution in [0.25, 0.3) is 0 Å². The van der Waals surface area contributed by atoms with Crippen molar-refractivity contribution in [1.29, 1.82) is 0 Å². The van der Waals surface area contributed by atoms with Crippen LogP contribution in [-0.2, 0) is 19.6 Å². The average Bonchev–Trinajstić information content (AvgIpc) is 2.60. The quantitative estimate of drug-likeness (QED) is 0.442. The van der Waals surface area contributed by atoms with E-state index in [2.05, 4.69) is 36.6 Å². The molecule has 2 atom stereocenters. The van der Waals surface area contributed by atoms with Crippen molar-refractivity contribution < 1.29 is 28.2 Å². The van der Waals surface area contributed by atoms with E-state index in [9.17, 15) is 18.0 Å². The molecule has 8 nitrogen and oxygen atoms in total.